The number of aryl methyl sites for hydroxylation is 1. The fourth-order valence-electron chi connectivity index (χ4n) is 3.66. The molecule has 0 spiro atoms. The van der Waals surface area contributed by atoms with Gasteiger partial charge in [-0.05, 0) is 38.1 Å². The van der Waals surface area contributed by atoms with Gasteiger partial charge < -0.3 is 14.6 Å². The van der Waals surface area contributed by atoms with Gasteiger partial charge in [0, 0.05) is 25.0 Å². The fourth-order valence-corrected chi connectivity index (χ4v) is 3.66. The second kappa shape index (κ2) is 6.62. The molecular weight excluding hydrogens is 290 g/mol. The molecule has 0 aliphatic carbocycles. The summed E-state index contributed by atoms with van der Waals surface area (Å²) in [5, 5.41) is 4.07. The molecular formula is C18H25N3O2. The zero-order valence-corrected chi connectivity index (χ0v) is 14.1. The number of hydrogen-bond acceptors (Lipinski definition) is 3. The van der Waals surface area contributed by atoms with Crippen LogP contribution in [-0.4, -0.2) is 48.2 Å². The van der Waals surface area contributed by atoms with Crippen molar-refractivity contribution in [3.63, 3.8) is 0 Å². The van der Waals surface area contributed by atoms with E-state index in [0.29, 0.717) is 24.0 Å². The van der Waals surface area contributed by atoms with Crippen LogP contribution in [0.3, 0.4) is 0 Å². The zero-order valence-electron chi connectivity index (χ0n) is 14.1. The number of rotatable bonds is 5. The van der Waals surface area contributed by atoms with Crippen molar-refractivity contribution in [1.82, 2.24) is 14.8 Å². The van der Waals surface area contributed by atoms with Crippen LogP contribution in [0.5, 0.6) is 5.75 Å². The highest BCUT2D eigenvalue weighted by atomic mass is 16.5. The molecule has 1 aliphatic rings. The van der Waals surface area contributed by atoms with Crippen molar-refractivity contribution >= 4 is 16.8 Å². The summed E-state index contributed by atoms with van der Waals surface area (Å²) < 4.78 is 7.44. The number of aromatic nitrogens is 1. The predicted octanol–water partition coefficient (Wildman–Crippen LogP) is 2.40. The summed E-state index contributed by atoms with van der Waals surface area (Å²) in [6.07, 6.45) is 2.37. The molecule has 5 heteroatoms. The number of nitrogens with zero attached hydrogens (tertiary/aromatic N) is 2. The Balaban J connectivity index is 1.82. The molecule has 0 radical (unpaired) electrons. The average Bonchev–Trinajstić information content (AvgIpc) is 3.15. The van der Waals surface area contributed by atoms with Gasteiger partial charge >= 0.3 is 0 Å². The van der Waals surface area contributed by atoms with E-state index >= 15 is 0 Å². The molecule has 2 heterocycles. The second-order valence-corrected chi connectivity index (χ2v) is 6.09. The minimum atomic E-state index is -0.0662. The van der Waals surface area contributed by atoms with Crippen LogP contribution in [0.4, 0.5) is 0 Å². The Morgan fingerprint density at radius 1 is 1.39 bits per heavy atom. The maximum absolute atomic E-state index is 12.7. The molecule has 0 saturated carbocycles. The Kier molecular flexibility index (Phi) is 4.57. The summed E-state index contributed by atoms with van der Waals surface area (Å²) in [6, 6.07) is 8.38. The molecule has 1 unspecified atom stereocenters. The highest BCUT2D eigenvalue weighted by Gasteiger charge is 2.26. The van der Waals surface area contributed by atoms with Crippen molar-refractivity contribution in [2.45, 2.75) is 25.8 Å². The first-order valence-electron chi connectivity index (χ1n) is 8.31. The smallest absolute Gasteiger partial charge is 0.271 e. The summed E-state index contributed by atoms with van der Waals surface area (Å²) in [7, 11) is 3.53. The third kappa shape index (κ3) is 2.81. The number of hydrogen-bond donors (Lipinski definition) is 1. The minimum Gasteiger partial charge on any atom is -0.494 e. The molecule has 1 amide bonds. The van der Waals surface area contributed by atoms with Crippen molar-refractivity contribution in [3.8, 4) is 5.75 Å². The summed E-state index contributed by atoms with van der Waals surface area (Å²) in [5.74, 6) is 0.586. The molecule has 3 rings (SSSR count). The lowest BCUT2D eigenvalue weighted by molar-refractivity contribution is 0.0930. The van der Waals surface area contributed by atoms with Gasteiger partial charge in [-0.25, -0.2) is 0 Å². The Hall–Kier alpha value is -2.01. The number of fused-ring (bicyclic) bond motifs is 1. The summed E-state index contributed by atoms with van der Waals surface area (Å²) in [6.45, 7) is 5.04. The van der Waals surface area contributed by atoms with Crippen LogP contribution < -0.4 is 10.1 Å². The van der Waals surface area contributed by atoms with Crippen molar-refractivity contribution < 1.29 is 9.53 Å². The first kappa shape index (κ1) is 15.9. The summed E-state index contributed by atoms with van der Waals surface area (Å²) >= 11 is 0. The normalized spacial score (nSPS) is 18.5. The molecule has 1 aliphatic heterocycles. The number of ether oxygens (including phenoxy) is 1. The van der Waals surface area contributed by atoms with Gasteiger partial charge in [-0.1, -0.05) is 19.1 Å². The van der Waals surface area contributed by atoms with Gasteiger partial charge in [0.25, 0.3) is 5.91 Å². The van der Waals surface area contributed by atoms with E-state index in [9.17, 15) is 4.79 Å². The van der Waals surface area contributed by atoms with Gasteiger partial charge in [0.15, 0.2) is 5.75 Å². The first-order valence-corrected chi connectivity index (χ1v) is 8.31. The highest BCUT2D eigenvalue weighted by molar-refractivity contribution is 6.04. The van der Waals surface area contributed by atoms with Gasteiger partial charge in [0.1, 0.15) is 5.69 Å². The van der Waals surface area contributed by atoms with Gasteiger partial charge in [-0.2, -0.15) is 0 Å². The lowest BCUT2D eigenvalue weighted by Crippen LogP contribution is -2.40. The SMILES string of the molecule is CCN1CCCC1CNC(=O)c1c(OC)c2ccccc2n1C. The molecule has 2 aromatic rings. The van der Waals surface area contributed by atoms with Crippen LogP contribution in [0.15, 0.2) is 24.3 Å². The van der Waals surface area contributed by atoms with Crippen molar-refractivity contribution in [2.75, 3.05) is 26.7 Å². The predicted molar refractivity (Wildman–Crippen MR) is 92.1 cm³/mol. The number of nitrogens with one attached hydrogen (secondary N) is 1. The van der Waals surface area contributed by atoms with E-state index in [0.717, 1.165) is 30.4 Å². The lowest BCUT2D eigenvalue weighted by atomic mass is 10.2. The Morgan fingerprint density at radius 3 is 2.91 bits per heavy atom. The van der Waals surface area contributed by atoms with Crippen LogP contribution in [0.25, 0.3) is 10.9 Å². The van der Waals surface area contributed by atoms with Gasteiger partial charge in [-0.3, -0.25) is 9.69 Å². The first-order chi connectivity index (χ1) is 11.2. The highest BCUT2D eigenvalue weighted by Crippen LogP contribution is 2.32. The van der Waals surface area contributed by atoms with Crippen LogP contribution in [0, 0.1) is 0 Å². The van der Waals surface area contributed by atoms with E-state index in [1.54, 1.807) is 7.11 Å². The Morgan fingerprint density at radius 2 is 2.17 bits per heavy atom. The van der Waals surface area contributed by atoms with Crippen LogP contribution in [0.2, 0.25) is 0 Å². The molecule has 1 aromatic heterocycles. The van der Waals surface area contributed by atoms with E-state index in [2.05, 4.69) is 17.1 Å². The van der Waals surface area contributed by atoms with Crippen molar-refractivity contribution in [2.24, 2.45) is 7.05 Å². The van der Waals surface area contributed by atoms with Crippen molar-refractivity contribution in [3.05, 3.63) is 30.0 Å². The van der Waals surface area contributed by atoms with Gasteiger partial charge in [-0.15, -0.1) is 0 Å². The van der Waals surface area contributed by atoms with Gasteiger partial charge in [0.2, 0.25) is 0 Å². The number of amides is 1. The summed E-state index contributed by atoms with van der Waals surface area (Å²) in [5.41, 5.74) is 1.60. The quantitative estimate of drug-likeness (QED) is 0.921. The number of para-hydroxylation sites is 1. The van der Waals surface area contributed by atoms with E-state index in [1.165, 1.54) is 6.42 Å². The Bertz CT molecular complexity index is 708. The fraction of sp³-hybridized carbons (Fsp3) is 0.500. The van der Waals surface area contributed by atoms with E-state index < -0.39 is 0 Å². The number of methoxy groups -OCH3 is 1. The molecule has 5 nitrogen and oxygen atoms in total. The second-order valence-electron chi connectivity index (χ2n) is 6.09. The van der Waals surface area contributed by atoms with Crippen LogP contribution >= 0.6 is 0 Å². The van der Waals surface area contributed by atoms with E-state index in [4.69, 9.17) is 4.74 Å². The number of likely N-dealkylation sites (tertiary alicyclic amines) is 1. The van der Waals surface area contributed by atoms with Crippen LogP contribution in [0.1, 0.15) is 30.3 Å². The standard InChI is InChI=1S/C18H25N3O2/c1-4-21-11-7-8-13(21)12-19-18(22)16-17(23-3)14-9-5-6-10-15(14)20(16)2/h5-6,9-10,13H,4,7-8,11-12H2,1-3H3,(H,19,22). The topological polar surface area (TPSA) is 46.5 Å². The molecule has 1 atom stereocenters. The molecule has 1 aromatic carbocycles. The molecule has 0 bridgehead atoms. The lowest BCUT2D eigenvalue weighted by Gasteiger charge is -2.23. The number of likely N-dealkylation sites (N-methyl/N-ethyl adjacent to an activating group) is 1. The Labute approximate surface area is 137 Å². The van der Waals surface area contributed by atoms with Crippen molar-refractivity contribution in [1.29, 1.82) is 0 Å². The molecule has 1 saturated heterocycles. The molecule has 23 heavy (non-hydrogen) atoms. The van der Waals surface area contributed by atoms with E-state index in [-0.39, 0.29) is 5.91 Å². The minimum absolute atomic E-state index is 0.0662. The third-order valence-corrected chi connectivity index (χ3v) is 4.88. The average molecular weight is 315 g/mol. The maximum Gasteiger partial charge on any atom is 0.271 e. The molecule has 124 valence electrons. The molecule has 1 N–H and O–H groups in total. The number of carbonyl (C=O) groups excluding carboxylic acids is 1. The monoisotopic (exact) mass is 315 g/mol. The summed E-state index contributed by atoms with van der Waals surface area (Å²) in [4.78, 5) is 15.2. The number of carbonyl (C=O) groups is 1. The largest absolute Gasteiger partial charge is 0.494 e. The van der Waals surface area contributed by atoms with Gasteiger partial charge in [0.05, 0.1) is 12.6 Å². The van der Waals surface area contributed by atoms with Crippen LogP contribution in [-0.2, 0) is 7.05 Å². The number of benzene rings is 1. The van der Waals surface area contributed by atoms with E-state index in [1.807, 2.05) is 35.9 Å². The maximum atomic E-state index is 12.7. The zero-order chi connectivity index (χ0) is 16.4. The third-order valence-electron chi connectivity index (χ3n) is 4.88. The molecule has 1 fully saturated rings.